The van der Waals surface area contributed by atoms with Crippen LogP contribution in [-0.4, -0.2) is 24.0 Å². The van der Waals surface area contributed by atoms with Gasteiger partial charge in [-0.1, -0.05) is 6.07 Å². The molecule has 0 aliphatic carbocycles. The van der Waals surface area contributed by atoms with Gasteiger partial charge >= 0.3 is 0 Å². The van der Waals surface area contributed by atoms with Crippen molar-refractivity contribution in [2.45, 2.75) is 32.4 Å². The normalized spacial score (nSPS) is 16.0. The van der Waals surface area contributed by atoms with E-state index in [9.17, 15) is 5.11 Å². The van der Waals surface area contributed by atoms with Crippen LogP contribution in [0.25, 0.3) is 0 Å². The van der Waals surface area contributed by atoms with Crippen LogP contribution in [0, 0.1) is 0 Å². The van der Waals surface area contributed by atoms with E-state index >= 15 is 0 Å². The molecular weight excluding hydrogens is 218 g/mol. The number of aliphatic hydroxyl groups is 1. The van der Waals surface area contributed by atoms with Gasteiger partial charge in [0.15, 0.2) is 11.5 Å². The molecule has 1 aliphatic heterocycles. The van der Waals surface area contributed by atoms with Crippen molar-refractivity contribution < 1.29 is 14.6 Å². The first kappa shape index (κ1) is 12.2. The maximum Gasteiger partial charge on any atom is 0.231 e. The molecule has 0 aromatic heterocycles. The van der Waals surface area contributed by atoms with Crippen molar-refractivity contribution in [3.05, 3.63) is 23.8 Å². The van der Waals surface area contributed by atoms with E-state index in [2.05, 4.69) is 12.2 Å². The third-order valence-electron chi connectivity index (χ3n) is 2.74. The summed E-state index contributed by atoms with van der Waals surface area (Å²) < 4.78 is 10.6. The molecule has 1 atom stereocenters. The lowest BCUT2D eigenvalue weighted by molar-refractivity contribution is 0.0770. The van der Waals surface area contributed by atoms with E-state index in [0.717, 1.165) is 17.1 Å². The first-order valence-electron chi connectivity index (χ1n) is 5.81. The quantitative estimate of drug-likeness (QED) is 0.839. The van der Waals surface area contributed by atoms with Crippen molar-refractivity contribution in [1.82, 2.24) is 5.32 Å². The fourth-order valence-corrected chi connectivity index (χ4v) is 1.70. The van der Waals surface area contributed by atoms with Gasteiger partial charge < -0.3 is 19.9 Å². The van der Waals surface area contributed by atoms with Gasteiger partial charge in [0.2, 0.25) is 6.79 Å². The Morgan fingerprint density at radius 3 is 2.76 bits per heavy atom. The summed E-state index contributed by atoms with van der Waals surface area (Å²) >= 11 is 0. The lowest BCUT2D eigenvalue weighted by Gasteiger charge is -2.22. The van der Waals surface area contributed by atoms with Gasteiger partial charge in [0.25, 0.3) is 0 Å². The summed E-state index contributed by atoms with van der Waals surface area (Å²) in [6.45, 7) is 6.47. The third-order valence-corrected chi connectivity index (χ3v) is 2.74. The molecular formula is C13H19NO3. The minimum Gasteiger partial charge on any atom is -0.454 e. The number of ether oxygens (including phenoxy) is 2. The first-order valence-corrected chi connectivity index (χ1v) is 5.81. The van der Waals surface area contributed by atoms with Crippen molar-refractivity contribution in [2.24, 2.45) is 0 Å². The zero-order valence-electron chi connectivity index (χ0n) is 10.5. The van der Waals surface area contributed by atoms with Crippen LogP contribution in [0.5, 0.6) is 11.5 Å². The predicted octanol–water partition coefficient (Wildman–Crippen LogP) is 1.84. The van der Waals surface area contributed by atoms with Crippen molar-refractivity contribution in [3.63, 3.8) is 0 Å². The molecule has 0 bridgehead atoms. The molecule has 17 heavy (non-hydrogen) atoms. The molecule has 1 aliphatic rings. The molecule has 4 heteroatoms. The van der Waals surface area contributed by atoms with Crippen LogP contribution in [-0.2, 0) is 0 Å². The van der Waals surface area contributed by atoms with Gasteiger partial charge in [0.1, 0.15) is 0 Å². The van der Waals surface area contributed by atoms with Crippen molar-refractivity contribution in [1.29, 1.82) is 0 Å². The second-order valence-electron chi connectivity index (χ2n) is 5.03. The van der Waals surface area contributed by atoms with Crippen LogP contribution in [0.4, 0.5) is 0 Å². The molecule has 0 amide bonds. The molecule has 1 aromatic carbocycles. The van der Waals surface area contributed by atoms with E-state index in [1.54, 1.807) is 13.8 Å². The highest BCUT2D eigenvalue weighted by Crippen LogP contribution is 2.34. The highest BCUT2D eigenvalue weighted by atomic mass is 16.7. The Morgan fingerprint density at radius 2 is 2.06 bits per heavy atom. The Bertz CT molecular complexity index is 398. The molecule has 0 spiro atoms. The van der Waals surface area contributed by atoms with Crippen LogP contribution in [0.3, 0.4) is 0 Å². The molecule has 1 heterocycles. The van der Waals surface area contributed by atoms with Crippen LogP contribution in [0.2, 0.25) is 0 Å². The van der Waals surface area contributed by atoms with E-state index in [4.69, 9.17) is 9.47 Å². The lowest BCUT2D eigenvalue weighted by atomic mass is 10.1. The Labute approximate surface area is 102 Å². The average molecular weight is 237 g/mol. The van der Waals surface area contributed by atoms with Gasteiger partial charge in [-0.25, -0.2) is 0 Å². The molecule has 1 aromatic rings. The van der Waals surface area contributed by atoms with Crippen molar-refractivity contribution >= 4 is 0 Å². The molecule has 0 radical (unpaired) electrons. The summed E-state index contributed by atoms with van der Waals surface area (Å²) in [6, 6.07) is 6.07. The summed E-state index contributed by atoms with van der Waals surface area (Å²) in [5, 5.41) is 12.9. The summed E-state index contributed by atoms with van der Waals surface area (Å²) in [5.74, 6) is 1.59. The van der Waals surface area contributed by atoms with E-state index in [0.29, 0.717) is 13.3 Å². The smallest absolute Gasteiger partial charge is 0.231 e. The fraction of sp³-hybridized carbons (Fsp3) is 0.538. The second-order valence-corrected chi connectivity index (χ2v) is 5.03. The van der Waals surface area contributed by atoms with Crippen LogP contribution >= 0.6 is 0 Å². The van der Waals surface area contributed by atoms with Crippen molar-refractivity contribution in [3.8, 4) is 11.5 Å². The standard InChI is InChI=1S/C13H19NO3/c1-9(14-7-13(2,3)15)10-4-5-11-12(6-10)17-8-16-11/h4-6,9,14-15H,7-8H2,1-3H3. The fourth-order valence-electron chi connectivity index (χ4n) is 1.70. The summed E-state index contributed by atoms with van der Waals surface area (Å²) in [5.41, 5.74) is 0.420. The number of hydrogen-bond donors (Lipinski definition) is 2. The van der Waals surface area contributed by atoms with E-state index in [1.807, 2.05) is 18.2 Å². The summed E-state index contributed by atoms with van der Waals surface area (Å²) in [7, 11) is 0. The SMILES string of the molecule is CC(NCC(C)(C)O)c1ccc2c(c1)OCO2. The Hall–Kier alpha value is -1.26. The van der Waals surface area contributed by atoms with E-state index < -0.39 is 5.60 Å². The molecule has 0 saturated carbocycles. The number of fused-ring (bicyclic) bond motifs is 1. The Kier molecular flexibility index (Phi) is 3.26. The van der Waals surface area contributed by atoms with E-state index in [-0.39, 0.29) is 6.04 Å². The molecule has 1 unspecified atom stereocenters. The number of nitrogens with one attached hydrogen (secondary N) is 1. The van der Waals surface area contributed by atoms with Crippen LogP contribution in [0.15, 0.2) is 18.2 Å². The summed E-state index contributed by atoms with van der Waals surface area (Å²) in [6.07, 6.45) is 0. The lowest BCUT2D eigenvalue weighted by Crippen LogP contribution is -2.36. The second kappa shape index (κ2) is 4.55. The van der Waals surface area contributed by atoms with Crippen LogP contribution in [0.1, 0.15) is 32.4 Å². The number of benzene rings is 1. The number of rotatable bonds is 4. The van der Waals surface area contributed by atoms with Gasteiger partial charge in [-0.05, 0) is 38.5 Å². The zero-order valence-corrected chi connectivity index (χ0v) is 10.5. The van der Waals surface area contributed by atoms with Crippen LogP contribution < -0.4 is 14.8 Å². The maximum atomic E-state index is 9.66. The largest absolute Gasteiger partial charge is 0.454 e. The number of hydrogen-bond acceptors (Lipinski definition) is 4. The summed E-state index contributed by atoms with van der Waals surface area (Å²) in [4.78, 5) is 0. The predicted molar refractivity (Wildman–Crippen MR) is 65.3 cm³/mol. The van der Waals surface area contributed by atoms with Gasteiger partial charge in [0.05, 0.1) is 5.60 Å². The minimum absolute atomic E-state index is 0.163. The zero-order chi connectivity index (χ0) is 12.5. The average Bonchev–Trinajstić information content (AvgIpc) is 2.71. The molecule has 94 valence electrons. The topological polar surface area (TPSA) is 50.7 Å². The molecule has 0 fully saturated rings. The Morgan fingerprint density at radius 1 is 1.35 bits per heavy atom. The maximum absolute atomic E-state index is 9.66. The van der Waals surface area contributed by atoms with Gasteiger partial charge in [-0.2, -0.15) is 0 Å². The van der Waals surface area contributed by atoms with Gasteiger partial charge in [-0.15, -0.1) is 0 Å². The van der Waals surface area contributed by atoms with Gasteiger partial charge in [-0.3, -0.25) is 0 Å². The first-order chi connectivity index (χ1) is 7.96. The third kappa shape index (κ3) is 3.11. The molecule has 2 rings (SSSR count). The van der Waals surface area contributed by atoms with E-state index in [1.165, 1.54) is 0 Å². The molecule has 0 saturated heterocycles. The highest BCUT2D eigenvalue weighted by molar-refractivity contribution is 5.45. The highest BCUT2D eigenvalue weighted by Gasteiger charge is 2.17. The van der Waals surface area contributed by atoms with Crippen molar-refractivity contribution in [2.75, 3.05) is 13.3 Å². The monoisotopic (exact) mass is 237 g/mol. The Balaban J connectivity index is 2.02. The van der Waals surface area contributed by atoms with Gasteiger partial charge in [0, 0.05) is 12.6 Å². The minimum atomic E-state index is -0.704. The molecule has 2 N–H and O–H groups in total. The molecule has 4 nitrogen and oxygen atoms in total.